The minimum atomic E-state index is -1.06. The monoisotopic (exact) mass is 290 g/mol. The van der Waals surface area contributed by atoms with Crippen molar-refractivity contribution in [2.75, 3.05) is 6.54 Å². The molecule has 2 aromatic rings. The molecule has 0 saturated carbocycles. The lowest BCUT2D eigenvalue weighted by Gasteiger charge is -2.25. The molecule has 8 heteroatoms. The van der Waals surface area contributed by atoms with Crippen LogP contribution in [0, 0.1) is 5.82 Å². The molecular formula is C13H11FN4O3. The molecule has 3 rings (SSSR count). The molecule has 2 N–H and O–H groups in total. The number of aromatic nitrogens is 3. The van der Waals surface area contributed by atoms with E-state index in [1.165, 1.54) is 17.2 Å². The van der Waals surface area contributed by atoms with Crippen LogP contribution >= 0.6 is 0 Å². The highest BCUT2D eigenvalue weighted by molar-refractivity contribution is 5.65. The SMILES string of the molecule is O=C(O)N1CCc2c(nc(-c3cncc(F)c3)[nH]c2=O)C1. The average molecular weight is 290 g/mol. The second-order valence-electron chi connectivity index (χ2n) is 4.69. The summed E-state index contributed by atoms with van der Waals surface area (Å²) in [5.74, 6) is -0.363. The summed E-state index contributed by atoms with van der Waals surface area (Å²) in [6, 6.07) is 1.20. The van der Waals surface area contributed by atoms with Crippen LogP contribution in [-0.2, 0) is 13.0 Å². The lowest BCUT2D eigenvalue weighted by molar-refractivity contribution is 0.139. The Kier molecular flexibility index (Phi) is 3.13. The predicted molar refractivity (Wildman–Crippen MR) is 70.2 cm³/mol. The molecule has 21 heavy (non-hydrogen) atoms. The molecule has 1 amide bonds. The number of hydrogen-bond donors (Lipinski definition) is 2. The summed E-state index contributed by atoms with van der Waals surface area (Å²) >= 11 is 0. The first-order chi connectivity index (χ1) is 10.0. The smallest absolute Gasteiger partial charge is 0.407 e. The molecule has 3 heterocycles. The van der Waals surface area contributed by atoms with Gasteiger partial charge >= 0.3 is 6.09 Å². The maximum atomic E-state index is 13.2. The number of fused-ring (bicyclic) bond motifs is 1. The number of pyridine rings is 1. The van der Waals surface area contributed by atoms with Crippen molar-refractivity contribution in [1.82, 2.24) is 19.9 Å². The van der Waals surface area contributed by atoms with Gasteiger partial charge in [-0.2, -0.15) is 0 Å². The van der Waals surface area contributed by atoms with E-state index in [0.717, 1.165) is 6.20 Å². The maximum absolute atomic E-state index is 13.2. The topological polar surface area (TPSA) is 99.2 Å². The number of carboxylic acid groups (broad SMARTS) is 1. The highest BCUT2D eigenvalue weighted by Crippen LogP contribution is 2.18. The van der Waals surface area contributed by atoms with Gasteiger partial charge in [0.1, 0.15) is 11.6 Å². The summed E-state index contributed by atoms with van der Waals surface area (Å²) in [6.45, 7) is 0.304. The summed E-state index contributed by atoms with van der Waals surface area (Å²) in [7, 11) is 0. The van der Waals surface area contributed by atoms with Crippen molar-refractivity contribution >= 4 is 6.09 Å². The number of amides is 1. The first kappa shape index (κ1) is 13.2. The molecular weight excluding hydrogens is 279 g/mol. The Labute approximate surface area is 118 Å². The average Bonchev–Trinajstić information content (AvgIpc) is 2.46. The van der Waals surface area contributed by atoms with Crippen LogP contribution in [0.25, 0.3) is 11.4 Å². The molecule has 0 fully saturated rings. The number of halogens is 1. The van der Waals surface area contributed by atoms with Crippen LogP contribution in [0.2, 0.25) is 0 Å². The van der Waals surface area contributed by atoms with Crippen LogP contribution < -0.4 is 5.56 Å². The second kappa shape index (κ2) is 4.97. The number of carbonyl (C=O) groups is 1. The number of H-pyrrole nitrogens is 1. The predicted octanol–water partition coefficient (Wildman–Crippen LogP) is 1.01. The zero-order chi connectivity index (χ0) is 15.0. The van der Waals surface area contributed by atoms with Gasteiger partial charge in [0.25, 0.3) is 5.56 Å². The maximum Gasteiger partial charge on any atom is 0.407 e. The number of nitrogens with one attached hydrogen (secondary N) is 1. The third-order valence-electron chi connectivity index (χ3n) is 3.32. The van der Waals surface area contributed by atoms with Crippen LogP contribution in [0.4, 0.5) is 9.18 Å². The van der Waals surface area contributed by atoms with Crippen molar-refractivity contribution in [2.24, 2.45) is 0 Å². The first-order valence-electron chi connectivity index (χ1n) is 6.25. The van der Waals surface area contributed by atoms with Gasteiger partial charge in [0.15, 0.2) is 0 Å². The fraction of sp³-hybridized carbons (Fsp3) is 0.231. The van der Waals surface area contributed by atoms with Gasteiger partial charge in [-0.3, -0.25) is 9.78 Å². The minimum Gasteiger partial charge on any atom is -0.465 e. The quantitative estimate of drug-likeness (QED) is 0.816. The fourth-order valence-corrected chi connectivity index (χ4v) is 2.28. The van der Waals surface area contributed by atoms with E-state index in [1.54, 1.807) is 0 Å². The Balaban J connectivity index is 2.06. The van der Waals surface area contributed by atoms with E-state index in [1.807, 2.05) is 0 Å². The van der Waals surface area contributed by atoms with Crippen molar-refractivity contribution in [1.29, 1.82) is 0 Å². The van der Waals surface area contributed by atoms with E-state index in [-0.39, 0.29) is 24.5 Å². The van der Waals surface area contributed by atoms with Gasteiger partial charge < -0.3 is 15.0 Å². The molecule has 0 aliphatic carbocycles. The molecule has 0 bridgehead atoms. The molecule has 108 valence electrons. The summed E-state index contributed by atoms with van der Waals surface area (Å²) in [5.41, 5.74) is 0.874. The second-order valence-corrected chi connectivity index (χ2v) is 4.69. The lowest BCUT2D eigenvalue weighted by atomic mass is 10.1. The molecule has 0 spiro atoms. The normalized spacial score (nSPS) is 13.9. The fourth-order valence-electron chi connectivity index (χ4n) is 2.28. The van der Waals surface area contributed by atoms with Crippen molar-refractivity contribution in [3.63, 3.8) is 0 Å². The molecule has 7 nitrogen and oxygen atoms in total. The Morgan fingerprint density at radius 3 is 2.95 bits per heavy atom. The Hall–Kier alpha value is -2.77. The van der Waals surface area contributed by atoms with Gasteiger partial charge in [-0.15, -0.1) is 0 Å². The number of aromatic amines is 1. The number of rotatable bonds is 1. The van der Waals surface area contributed by atoms with Crippen molar-refractivity contribution in [3.05, 3.63) is 45.9 Å². The van der Waals surface area contributed by atoms with E-state index < -0.39 is 11.9 Å². The molecule has 2 aromatic heterocycles. The summed E-state index contributed by atoms with van der Waals surface area (Å²) in [6.07, 6.45) is 1.68. The molecule has 0 saturated heterocycles. The van der Waals surface area contributed by atoms with Gasteiger partial charge in [-0.05, 0) is 12.5 Å². The minimum absolute atomic E-state index is 0.0460. The molecule has 1 aliphatic heterocycles. The highest BCUT2D eigenvalue weighted by atomic mass is 19.1. The van der Waals surface area contributed by atoms with E-state index in [9.17, 15) is 14.0 Å². The molecule has 0 unspecified atom stereocenters. The Morgan fingerprint density at radius 2 is 2.24 bits per heavy atom. The van der Waals surface area contributed by atoms with Crippen molar-refractivity contribution in [2.45, 2.75) is 13.0 Å². The van der Waals surface area contributed by atoms with Crippen LogP contribution in [-0.4, -0.2) is 37.6 Å². The largest absolute Gasteiger partial charge is 0.465 e. The van der Waals surface area contributed by atoms with Gasteiger partial charge in [0, 0.05) is 23.9 Å². The molecule has 0 atom stereocenters. The van der Waals surface area contributed by atoms with E-state index in [0.29, 0.717) is 23.2 Å². The summed E-state index contributed by atoms with van der Waals surface area (Å²) in [4.78, 5) is 34.8. The summed E-state index contributed by atoms with van der Waals surface area (Å²) in [5, 5.41) is 9.01. The Morgan fingerprint density at radius 1 is 1.43 bits per heavy atom. The standard InChI is InChI=1S/C13H11FN4O3/c14-8-3-7(4-15-5-8)11-16-10-6-18(13(20)21)2-1-9(10)12(19)17-11/h3-5H,1-2,6H2,(H,20,21)(H,16,17,19). The van der Waals surface area contributed by atoms with E-state index in [4.69, 9.17) is 5.11 Å². The van der Waals surface area contributed by atoms with Crippen LogP contribution in [0.3, 0.4) is 0 Å². The molecule has 1 aliphatic rings. The lowest BCUT2D eigenvalue weighted by Crippen LogP contribution is -2.38. The number of hydrogen-bond acceptors (Lipinski definition) is 4. The van der Waals surface area contributed by atoms with Crippen LogP contribution in [0.1, 0.15) is 11.3 Å². The first-order valence-corrected chi connectivity index (χ1v) is 6.25. The summed E-state index contributed by atoms with van der Waals surface area (Å²) < 4.78 is 13.2. The van der Waals surface area contributed by atoms with Gasteiger partial charge in [0.2, 0.25) is 0 Å². The third kappa shape index (κ3) is 2.47. The highest BCUT2D eigenvalue weighted by Gasteiger charge is 2.24. The zero-order valence-electron chi connectivity index (χ0n) is 10.8. The van der Waals surface area contributed by atoms with Crippen LogP contribution in [0.15, 0.2) is 23.3 Å². The van der Waals surface area contributed by atoms with Gasteiger partial charge in [0.05, 0.1) is 18.4 Å². The number of nitrogens with zero attached hydrogens (tertiary/aromatic N) is 3. The molecule has 0 aromatic carbocycles. The third-order valence-corrected chi connectivity index (χ3v) is 3.32. The van der Waals surface area contributed by atoms with Crippen molar-refractivity contribution < 1.29 is 14.3 Å². The van der Waals surface area contributed by atoms with Gasteiger partial charge in [-0.1, -0.05) is 0 Å². The van der Waals surface area contributed by atoms with E-state index in [2.05, 4.69) is 15.0 Å². The molecule has 0 radical (unpaired) electrons. The van der Waals surface area contributed by atoms with E-state index >= 15 is 0 Å². The Bertz CT molecular complexity index is 774. The van der Waals surface area contributed by atoms with Gasteiger partial charge in [-0.25, -0.2) is 14.2 Å². The zero-order valence-corrected chi connectivity index (χ0v) is 10.8. The van der Waals surface area contributed by atoms with Crippen molar-refractivity contribution in [3.8, 4) is 11.4 Å². The van der Waals surface area contributed by atoms with Crippen LogP contribution in [0.5, 0.6) is 0 Å².